The minimum absolute atomic E-state index is 0.00313. The highest BCUT2D eigenvalue weighted by molar-refractivity contribution is 5.88. The molecule has 8 nitrogen and oxygen atoms in total. The molecule has 0 aliphatic rings. The molecule has 0 saturated carbocycles. The maximum Gasteiger partial charge on any atom is 0.336 e. The maximum atomic E-state index is 11.8. The molecule has 0 aliphatic heterocycles. The van der Waals surface area contributed by atoms with E-state index in [1.807, 2.05) is 0 Å². The molecule has 2 aromatic rings. The molecule has 0 fully saturated rings. The van der Waals surface area contributed by atoms with Gasteiger partial charge >= 0.3 is 5.97 Å². The molecule has 0 bridgehead atoms. The predicted molar refractivity (Wildman–Crippen MR) is 87.6 cm³/mol. The second-order valence-corrected chi connectivity index (χ2v) is 4.83. The second kappa shape index (κ2) is 8.34. The lowest BCUT2D eigenvalue weighted by Gasteiger charge is -2.04. The van der Waals surface area contributed by atoms with E-state index < -0.39 is 11.1 Å². The summed E-state index contributed by atoms with van der Waals surface area (Å²) in [6.07, 6.45) is 2.75. The number of hydrogen-bond acceptors (Lipinski definition) is 7. The third-order valence-corrected chi connectivity index (χ3v) is 3.09. The number of aromatic hydroxyl groups is 1. The summed E-state index contributed by atoms with van der Waals surface area (Å²) in [6, 6.07) is 10.8. The summed E-state index contributed by atoms with van der Waals surface area (Å²) in [5, 5.41) is 18.8. The molecule has 0 aromatic heterocycles. The van der Waals surface area contributed by atoms with Gasteiger partial charge in [0.2, 0.25) is 0 Å². The van der Waals surface area contributed by atoms with Gasteiger partial charge in [0, 0.05) is 6.08 Å². The van der Waals surface area contributed by atoms with Crippen molar-refractivity contribution in [1.29, 1.82) is 0 Å². The van der Waals surface area contributed by atoms with Crippen LogP contribution in [0.1, 0.15) is 11.1 Å². The molecule has 0 heterocycles. The summed E-state index contributed by atoms with van der Waals surface area (Å²) < 4.78 is 10.1. The van der Waals surface area contributed by atoms with Crippen molar-refractivity contribution in [3.63, 3.8) is 0 Å². The van der Waals surface area contributed by atoms with Gasteiger partial charge in [-0.1, -0.05) is 18.2 Å². The van der Waals surface area contributed by atoms with E-state index in [0.29, 0.717) is 22.6 Å². The number of methoxy groups -OCH3 is 1. The first-order valence-corrected chi connectivity index (χ1v) is 7.11. The third-order valence-electron chi connectivity index (χ3n) is 3.09. The molecule has 0 amide bonds. The van der Waals surface area contributed by atoms with Crippen LogP contribution in [-0.2, 0) is 16.2 Å². The number of phenols is 1. The summed E-state index contributed by atoms with van der Waals surface area (Å²) in [4.78, 5) is 26.2. The van der Waals surface area contributed by atoms with Crippen molar-refractivity contribution < 1.29 is 29.3 Å². The van der Waals surface area contributed by atoms with Gasteiger partial charge in [0.15, 0.2) is 11.5 Å². The normalized spacial score (nSPS) is 10.4. The Hall–Kier alpha value is -3.55. The molecule has 130 valence electrons. The summed E-state index contributed by atoms with van der Waals surface area (Å²) >= 11 is 0. The number of carbonyl (C=O) groups excluding carboxylic acids is 1. The zero-order chi connectivity index (χ0) is 18.2. The molecular weight excluding hydrogens is 330 g/mol. The summed E-state index contributed by atoms with van der Waals surface area (Å²) in [5.74, 6) is -0.00412. The Morgan fingerprint density at radius 1 is 1.24 bits per heavy atom. The minimum Gasteiger partial charge on any atom is -0.504 e. The van der Waals surface area contributed by atoms with Crippen LogP contribution in [-0.4, -0.2) is 23.3 Å². The van der Waals surface area contributed by atoms with Crippen molar-refractivity contribution in [3.8, 4) is 17.2 Å². The van der Waals surface area contributed by atoms with Crippen LogP contribution < -0.4 is 9.47 Å². The van der Waals surface area contributed by atoms with Crippen molar-refractivity contribution in [2.75, 3.05) is 7.11 Å². The zero-order valence-corrected chi connectivity index (χ0v) is 13.2. The Labute approximate surface area is 143 Å². The van der Waals surface area contributed by atoms with Crippen LogP contribution in [0.25, 0.3) is 6.08 Å². The number of hydrogen-bond donors (Lipinski definition) is 1. The van der Waals surface area contributed by atoms with Crippen molar-refractivity contribution in [1.82, 2.24) is 0 Å². The van der Waals surface area contributed by atoms with E-state index in [4.69, 9.17) is 9.47 Å². The lowest BCUT2D eigenvalue weighted by atomic mass is 10.2. The first-order chi connectivity index (χ1) is 12.0. The SMILES string of the molecule is COc1cc(/C=C/C(=O)Oc2ccc(CO[N+](=O)[O-])cc2)ccc1O. The molecule has 0 radical (unpaired) electrons. The van der Waals surface area contributed by atoms with E-state index in [2.05, 4.69) is 4.84 Å². The first kappa shape index (κ1) is 17.8. The van der Waals surface area contributed by atoms with Crippen molar-refractivity contribution in [2.24, 2.45) is 0 Å². The van der Waals surface area contributed by atoms with Crippen molar-refractivity contribution >= 4 is 12.0 Å². The Morgan fingerprint density at radius 2 is 1.96 bits per heavy atom. The summed E-state index contributed by atoms with van der Waals surface area (Å²) in [7, 11) is 1.43. The fourth-order valence-corrected chi connectivity index (χ4v) is 1.89. The molecule has 0 saturated heterocycles. The van der Waals surface area contributed by atoms with Crippen LogP contribution in [0.4, 0.5) is 0 Å². The van der Waals surface area contributed by atoms with Gasteiger partial charge < -0.3 is 19.4 Å². The van der Waals surface area contributed by atoms with E-state index in [-0.39, 0.29) is 12.4 Å². The highest BCUT2D eigenvalue weighted by Gasteiger charge is 2.04. The predicted octanol–water partition coefficient (Wildman–Crippen LogP) is 2.73. The Morgan fingerprint density at radius 3 is 2.60 bits per heavy atom. The third kappa shape index (κ3) is 5.54. The van der Waals surface area contributed by atoms with Gasteiger partial charge in [-0.3, -0.25) is 0 Å². The van der Waals surface area contributed by atoms with Crippen LogP contribution in [0.15, 0.2) is 48.5 Å². The summed E-state index contributed by atoms with van der Waals surface area (Å²) in [5.41, 5.74) is 1.22. The molecule has 2 rings (SSSR count). The van der Waals surface area contributed by atoms with Crippen LogP contribution in [0.3, 0.4) is 0 Å². The van der Waals surface area contributed by atoms with Gasteiger partial charge in [0.25, 0.3) is 5.09 Å². The smallest absolute Gasteiger partial charge is 0.336 e. The molecule has 1 N–H and O–H groups in total. The van der Waals surface area contributed by atoms with Crippen LogP contribution in [0.5, 0.6) is 17.2 Å². The standard InChI is InChI=1S/C17H15NO7/c1-23-16-10-12(4-8-15(16)19)5-9-17(20)25-14-6-2-13(3-7-14)11-24-18(21)22/h2-10,19H,11H2,1H3/b9-5+. The molecule has 8 heteroatoms. The quantitative estimate of drug-likeness (QED) is 0.270. The lowest BCUT2D eigenvalue weighted by molar-refractivity contribution is -0.763. The van der Waals surface area contributed by atoms with Gasteiger partial charge in [0.1, 0.15) is 12.4 Å². The van der Waals surface area contributed by atoms with E-state index in [1.54, 1.807) is 24.3 Å². The van der Waals surface area contributed by atoms with Gasteiger partial charge in [-0.05, 0) is 41.5 Å². The number of rotatable bonds is 7. The molecule has 0 aliphatic carbocycles. The molecular formula is C17H15NO7. The van der Waals surface area contributed by atoms with E-state index in [0.717, 1.165) is 0 Å². The van der Waals surface area contributed by atoms with Gasteiger partial charge in [0.05, 0.1) is 7.11 Å². The van der Waals surface area contributed by atoms with Crippen LogP contribution in [0, 0.1) is 10.1 Å². The number of phenolic OH excluding ortho intramolecular Hbond substituents is 1. The first-order valence-electron chi connectivity index (χ1n) is 7.11. The van der Waals surface area contributed by atoms with E-state index in [1.165, 1.54) is 37.5 Å². The number of nitrogens with zero attached hydrogens (tertiary/aromatic N) is 1. The Kier molecular flexibility index (Phi) is 5.94. The van der Waals surface area contributed by atoms with Crippen LogP contribution in [0.2, 0.25) is 0 Å². The number of carbonyl (C=O) groups is 1. The maximum absolute atomic E-state index is 11.8. The number of esters is 1. The number of benzene rings is 2. The monoisotopic (exact) mass is 345 g/mol. The molecule has 0 atom stereocenters. The van der Waals surface area contributed by atoms with Gasteiger partial charge in [-0.15, -0.1) is 10.1 Å². The highest BCUT2D eigenvalue weighted by atomic mass is 16.9. The molecule has 2 aromatic carbocycles. The second-order valence-electron chi connectivity index (χ2n) is 4.83. The fourth-order valence-electron chi connectivity index (χ4n) is 1.89. The molecule has 0 unspecified atom stereocenters. The van der Waals surface area contributed by atoms with Crippen molar-refractivity contribution in [2.45, 2.75) is 6.61 Å². The molecule has 25 heavy (non-hydrogen) atoms. The topological polar surface area (TPSA) is 108 Å². The average Bonchev–Trinajstić information content (AvgIpc) is 2.60. The lowest BCUT2D eigenvalue weighted by Crippen LogP contribution is -2.04. The van der Waals surface area contributed by atoms with Crippen LogP contribution >= 0.6 is 0 Å². The largest absolute Gasteiger partial charge is 0.504 e. The fraction of sp³-hybridized carbons (Fsp3) is 0.118. The van der Waals surface area contributed by atoms with Gasteiger partial charge in [-0.2, -0.15) is 0 Å². The van der Waals surface area contributed by atoms with E-state index in [9.17, 15) is 20.0 Å². The zero-order valence-electron chi connectivity index (χ0n) is 13.2. The minimum atomic E-state index is -0.878. The average molecular weight is 345 g/mol. The van der Waals surface area contributed by atoms with E-state index >= 15 is 0 Å². The summed E-state index contributed by atoms with van der Waals surface area (Å²) in [6.45, 7) is -0.177. The Balaban J connectivity index is 1.94. The van der Waals surface area contributed by atoms with Crippen molar-refractivity contribution in [3.05, 3.63) is 69.8 Å². The highest BCUT2D eigenvalue weighted by Crippen LogP contribution is 2.26. The van der Waals surface area contributed by atoms with Gasteiger partial charge in [-0.25, -0.2) is 4.79 Å². The molecule has 0 spiro atoms. The number of ether oxygens (including phenoxy) is 2. The Bertz CT molecular complexity index is 784.